The van der Waals surface area contributed by atoms with E-state index in [1.165, 1.54) is 24.1 Å². The molecule has 3 heteroatoms. The molecule has 0 radical (unpaired) electrons. The number of fused-ring (bicyclic) bond motifs is 1. The van der Waals surface area contributed by atoms with E-state index in [0.29, 0.717) is 4.83 Å². The minimum absolute atomic E-state index is 0.549. The normalized spacial score (nSPS) is 36.9. The fraction of sp³-hybridized carbons (Fsp3) is 0.636. The third-order valence-corrected chi connectivity index (χ3v) is 6.42. The van der Waals surface area contributed by atoms with Crippen LogP contribution in [0.4, 0.5) is 0 Å². The first kappa shape index (κ1) is 9.68. The molecule has 0 aliphatic heterocycles. The lowest BCUT2D eigenvalue weighted by Gasteiger charge is -2.17. The average Bonchev–Trinajstić information content (AvgIpc) is 2.64. The summed E-state index contributed by atoms with van der Waals surface area (Å²) in [5.41, 5.74) is 0. The van der Waals surface area contributed by atoms with Gasteiger partial charge in [-0.05, 0) is 49.1 Å². The van der Waals surface area contributed by atoms with Gasteiger partial charge in [-0.3, -0.25) is 0 Å². The van der Waals surface area contributed by atoms with Gasteiger partial charge in [0.05, 0.1) is 9.16 Å². The van der Waals surface area contributed by atoms with Gasteiger partial charge < -0.3 is 0 Å². The lowest BCUT2D eigenvalue weighted by molar-refractivity contribution is 0.485. The van der Waals surface area contributed by atoms with Crippen LogP contribution < -0.4 is 0 Å². The van der Waals surface area contributed by atoms with Crippen molar-refractivity contribution in [3.63, 3.8) is 0 Å². The Morgan fingerprint density at radius 1 is 1.29 bits per heavy atom. The molecule has 2 aliphatic carbocycles. The van der Waals surface area contributed by atoms with Crippen molar-refractivity contribution in [2.45, 2.75) is 24.1 Å². The quantitative estimate of drug-likeness (QED) is 0.681. The number of alkyl halides is 1. The van der Waals surface area contributed by atoms with Crippen LogP contribution in [0.2, 0.25) is 4.34 Å². The summed E-state index contributed by atoms with van der Waals surface area (Å²) in [7, 11) is 0. The molecule has 2 fully saturated rings. The van der Waals surface area contributed by atoms with Gasteiger partial charge in [0.25, 0.3) is 0 Å². The van der Waals surface area contributed by atoms with Gasteiger partial charge in [0.2, 0.25) is 0 Å². The zero-order valence-corrected chi connectivity index (χ0v) is 10.9. The molecule has 1 heterocycles. The molecule has 0 saturated heterocycles. The Morgan fingerprint density at radius 2 is 2.00 bits per heavy atom. The summed E-state index contributed by atoms with van der Waals surface area (Å²) in [6.45, 7) is 0. The number of hydrogen-bond acceptors (Lipinski definition) is 1. The van der Waals surface area contributed by atoms with E-state index in [1.807, 2.05) is 6.07 Å². The maximum atomic E-state index is 5.95. The van der Waals surface area contributed by atoms with Gasteiger partial charge in [0.1, 0.15) is 0 Å². The topological polar surface area (TPSA) is 0 Å². The Kier molecular flexibility index (Phi) is 2.42. The lowest BCUT2D eigenvalue weighted by Crippen LogP contribution is -2.03. The van der Waals surface area contributed by atoms with Gasteiger partial charge in [0.15, 0.2) is 0 Å². The van der Waals surface area contributed by atoms with Crippen LogP contribution in [0.1, 0.15) is 29.0 Å². The van der Waals surface area contributed by atoms with E-state index in [-0.39, 0.29) is 0 Å². The Labute approximate surface area is 102 Å². The van der Waals surface area contributed by atoms with Gasteiger partial charge in [-0.2, -0.15) is 0 Å². The summed E-state index contributed by atoms with van der Waals surface area (Å²) in [5.74, 6) is 2.99. The first-order valence-corrected chi connectivity index (χ1v) is 7.24. The minimum atomic E-state index is 0.549. The number of halogens is 2. The fourth-order valence-corrected chi connectivity index (χ4v) is 4.71. The van der Waals surface area contributed by atoms with Crippen molar-refractivity contribution < 1.29 is 0 Å². The van der Waals surface area contributed by atoms with Gasteiger partial charge in [-0.25, -0.2) is 0 Å². The van der Waals surface area contributed by atoms with Crippen molar-refractivity contribution in [2.24, 2.45) is 17.8 Å². The van der Waals surface area contributed by atoms with Crippen LogP contribution in [-0.4, -0.2) is 0 Å². The van der Waals surface area contributed by atoms with E-state index < -0.39 is 0 Å². The molecule has 3 unspecified atom stereocenters. The largest absolute Gasteiger partial charge is 0.127 e. The highest BCUT2D eigenvalue weighted by Crippen LogP contribution is 2.59. The van der Waals surface area contributed by atoms with Crippen LogP contribution in [0, 0.1) is 17.8 Å². The van der Waals surface area contributed by atoms with Crippen molar-refractivity contribution in [2.75, 3.05) is 0 Å². The van der Waals surface area contributed by atoms with E-state index in [9.17, 15) is 0 Å². The van der Waals surface area contributed by atoms with Crippen molar-refractivity contribution in [1.82, 2.24) is 0 Å². The summed E-state index contributed by atoms with van der Waals surface area (Å²) in [5, 5.41) is 0. The first-order chi connectivity index (χ1) is 6.74. The van der Waals surface area contributed by atoms with E-state index in [1.54, 1.807) is 11.3 Å². The molecular formula is C11H12BrClS. The third-order valence-electron chi connectivity index (χ3n) is 3.56. The Hall–Kier alpha value is 0.470. The molecule has 0 spiro atoms. The predicted molar refractivity (Wildman–Crippen MR) is 65.3 cm³/mol. The zero-order valence-electron chi connectivity index (χ0n) is 7.75. The molecule has 2 saturated carbocycles. The molecule has 1 aromatic rings. The number of hydrogen-bond donors (Lipinski definition) is 0. The van der Waals surface area contributed by atoms with Crippen LogP contribution in [0.3, 0.4) is 0 Å². The Bertz CT molecular complexity index is 339. The van der Waals surface area contributed by atoms with Crippen LogP contribution in [-0.2, 0) is 0 Å². The van der Waals surface area contributed by atoms with Crippen LogP contribution in [0.25, 0.3) is 0 Å². The standard InChI is InChI=1S/C11H12BrClS/c12-11(9-1-2-10(13)14-9)8-4-6-3-7(6)5-8/h1-2,6-8,11H,3-5H2. The molecule has 0 N–H and O–H groups in total. The minimum Gasteiger partial charge on any atom is -0.127 e. The van der Waals surface area contributed by atoms with E-state index in [2.05, 4.69) is 22.0 Å². The van der Waals surface area contributed by atoms with Crippen molar-refractivity contribution in [3.8, 4) is 0 Å². The second-order valence-corrected chi connectivity index (χ2v) is 7.26. The van der Waals surface area contributed by atoms with E-state index >= 15 is 0 Å². The maximum absolute atomic E-state index is 5.95. The fourth-order valence-electron chi connectivity index (χ4n) is 2.71. The number of rotatable bonds is 2. The monoisotopic (exact) mass is 290 g/mol. The summed E-state index contributed by atoms with van der Waals surface area (Å²) in [6.07, 6.45) is 4.35. The molecule has 3 atom stereocenters. The van der Waals surface area contributed by atoms with Crippen LogP contribution in [0.5, 0.6) is 0 Å². The molecule has 3 rings (SSSR count). The summed E-state index contributed by atoms with van der Waals surface area (Å²) in [4.78, 5) is 1.95. The Balaban J connectivity index is 1.72. The van der Waals surface area contributed by atoms with Crippen molar-refractivity contribution in [1.29, 1.82) is 0 Å². The zero-order chi connectivity index (χ0) is 9.71. The van der Waals surface area contributed by atoms with Crippen molar-refractivity contribution >= 4 is 38.9 Å². The average molecular weight is 292 g/mol. The molecule has 76 valence electrons. The highest BCUT2D eigenvalue weighted by molar-refractivity contribution is 9.09. The molecule has 0 bridgehead atoms. The predicted octanol–water partition coefficient (Wildman–Crippen LogP) is 4.88. The molecule has 14 heavy (non-hydrogen) atoms. The maximum Gasteiger partial charge on any atom is 0.0931 e. The Morgan fingerprint density at radius 3 is 2.57 bits per heavy atom. The van der Waals surface area contributed by atoms with Crippen LogP contribution in [0.15, 0.2) is 12.1 Å². The van der Waals surface area contributed by atoms with Crippen LogP contribution >= 0.6 is 38.9 Å². The molecule has 0 nitrogen and oxygen atoms in total. The summed E-state index contributed by atoms with van der Waals surface area (Å²) in [6, 6.07) is 4.17. The summed E-state index contributed by atoms with van der Waals surface area (Å²) >= 11 is 11.5. The molecule has 0 amide bonds. The molecule has 1 aromatic heterocycles. The SMILES string of the molecule is Clc1ccc(C(Br)C2CC3CC3C2)s1. The second kappa shape index (κ2) is 3.50. The second-order valence-electron chi connectivity index (χ2n) is 4.53. The van der Waals surface area contributed by atoms with Gasteiger partial charge >= 0.3 is 0 Å². The molecular weight excluding hydrogens is 280 g/mol. The van der Waals surface area contributed by atoms with Gasteiger partial charge in [0, 0.05) is 4.88 Å². The highest BCUT2D eigenvalue weighted by atomic mass is 79.9. The smallest absolute Gasteiger partial charge is 0.0931 e. The first-order valence-electron chi connectivity index (χ1n) is 5.13. The number of thiophene rings is 1. The molecule has 0 aromatic carbocycles. The van der Waals surface area contributed by atoms with Gasteiger partial charge in [-0.1, -0.05) is 27.5 Å². The van der Waals surface area contributed by atoms with Gasteiger partial charge in [-0.15, -0.1) is 11.3 Å². The van der Waals surface area contributed by atoms with Crippen molar-refractivity contribution in [3.05, 3.63) is 21.3 Å². The lowest BCUT2D eigenvalue weighted by atomic mass is 9.99. The van der Waals surface area contributed by atoms with E-state index in [4.69, 9.17) is 11.6 Å². The summed E-state index contributed by atoms with van der Waals surface area (Å²) < 4.78 is 0.910. The van der Waals surface area contributed by atoms with E-state index in [0.717, 1.165) is 22.1 Å². The molecule has 2 aliphatic rings. The highest BCUT2D eigenvalue weighted by Gasteiger charge is 2.47. The third kappa shape index (κ3) is 1.66.